The van der Waals surface area contributed by atoms with Crippen molar-refractivity contribution >= 4 is 23.5 Å². The molecule has 1 aromatic carbocycles. The first-order valence-electron chi connectivity index (χ1n) is 8.26. The Bertz CT molecular complexity index is 662. The van der Waals surface area contributed by atoms with Crippen LogP contribution in [0.4, 0.5) is 5.95 Å². The molecule has 1 aliphatic rings. The number of halogens is 1. The van der Waals surface area contributed by atoms with Gasteiger partial charge in [-0.15, -0.1) is 0 Å². The molecule has 0 bridgehead atoms. The van der Waals surface area contributed by atoms with E-state index in [1.165, 1.54) is 5.56 Å². The summed E-state index contributed by atoms with van der Waals surface area (Å²) in [5.41, 5.74) is 1.17. The third-order valence-corrected chi connectivity index (χ3v) is 4.51. The molecular formula is C18H21ClN4O. The molecule has 6 heteroatoms. The van der Waals surface area contributed by atoms with Crippen molar-refractivity contribution in [3.05, 3.63) is 53.3 Å². The van der Waals surface area contributed by atoms with Crippen molar-refractivity contribution in [1.82, 2.24) is 15.3 Å². The van der Waals surface area contributed by atoms with E-state index in [1.807, 2.05) is 24.3 Å². The number of hydrogen-bond acceptors (Lipinski definition) is 4. The highest BCUT2D eigenvalue weighted by atomic mass is 35.5. The van der Waals surface area contributed by atoms with Crippen LogP contribution in [0.15, 0.2) is 42.7 Å². The van der Waals surface area contributed by atoms with Gasteiger partial charge in [0.05, 0.1) is 5.92 Å². The number of amides is 1. The standard InChI is InChI=1S/C18H21ClN4O/c19-16-6-4-14(5-7-16)8-11-20-17(24)15-3-1-12-23(13-15)18-21-9-2-10-22-18/h2,4-7,9-10,15H,1,3,8,11-13H2,(H,20,24)/t15-/m1/s1. The SMILES string of the molecule is O=C(NCCc1ccc(Cl)cc1)[C@@H]1CCCN(c2ncccn2)C1. The minimum atomic E-state index is -0.00669. The van der Waals surface area contributed by atoms with E-state index in [9.17, 15) is 4.79 Å². The third-order valence-electron chi connectivity index (χ3n) is 4.25. The van der Waals surface area contributed by atoms with E-state index in [0.717, 1.165) is 30.8 Å². The fraction of sp³-hybridized carbons (Fsp3) is 0.389. The molecule has 1 amide bonds. The molecule has 0 radical (unpaired) electrons. The summed E-state index contributed by atoms with van der Waals surface area (Å²) in [4.78, 5) is 23.1. The zero-order valence-corrected chi connectivity index (χ0v) is 14.2. The summed E-state index contributed by atoms with van der Waals surface area (Å²) in [6.45, 7) is 2.22. The first-order valence-corrected chi connectivity index (χ1v) is 8.64. The fourth-order valence-electron chi connectivity index (χ4n) is 2.95. The number of carbonyl (C=O) groups excluding carboxylic acids is 1. The molecule has 126 valence electrons. The van der Waals surface area contributed by atoms with E-state index in [0.29, 0.717) is 19.0 Å². The molecule has 1 aromatic heterocycles. The van der Waals surface area contributed by atoms with Crippen LogP contribution in [0.5, 0.6) is 0 Å². The van der Waals surface area contributed by atoms with Crippen molar-refractivity contribution in [3.63, 3.8) is 0 Å². The zero-order valence-electron chi connectivity index (χ0n) is 13.5. The second-order valence-corrected chi connectivity index (χ2v) is 6.44. The van der Waals surface area contributed by atoms with Gasteiger partial charge in [-0.3, -0.25) is 4.79 Å². The van der Waals surface area contributed by atoms with E-state index in [-0.39, 0.29) is 11.8 Å². The molecule has 0 unspecified atom stereocenters. The molecule has 5 nitrogen and oxygen atoms in total. The van der Waals surface area contributed by atoms with Crippen LogP contribution in [0.2, 0.25) is 5.02 Å². The molecule has 2 heterocycles. The Morgan fingerprint density at radius 1 is 1.25 bits per heavy atom. The first-order chi connectivity index (χ1) is 11.7. The highest BCUT2D eigenvalue weighted by molar-refractivity contribution is 6.30. The van der Waals surface area contributed by atoms with Gasteiger partial charge >= 0.3 is 0 Å². The fourth-order valence-corrected chi connectivity index (χ4v) is 3.08. The quantitative estimate of drug-likeness (QED) is 0.906. The zero-order chi connectivity index (χ0) is 16.8. The van der Waals surface area contributed by atoms with Gasteiger partial charge in [-0.05, 0) is 43.0 Å². The van der Waals surface area contributed by atoms with Crippen molar-refractivity contribution in [1.29, 1.82) is 0 Å². The van der Waals surface area contributed by atoms with Gasteiger partial charge in [0.15, 0.2) is 0 Å². The smallest absolute Gasteiger partial charge is 0.225 e. The molecule has 0 aliphatic carbocycles. The number of carbonyl (C=O) groups is 1. The Balaban J connectivity index is 1.48. The second kappa shape index (κ2) is 8.11. The number of benzene rings is 1. The maximum Gasteiger partial charge on any atom is 0.225 e. The van der Waals surface area contributed by atoms with Crippen LogP contribution in [-0.4, -0.2) is 35.5 Å². The number of rotatable bonds is 5. The Morgan fingerprint density at radius 3 is 2.75 bits per heavy atom. The van der Waals surface area contributed by atoms with Crippen LogP contribution >= 0.6 is 11.6 Å². The van der Waals surface area contributed by atoms with Crippen molar-refractivity contribution in [3.8, 4) is 0 Å². The topological polar surface area (TPSA) is 58.1 Å². The molecule has 2 aromatic rings. The molecule has 1 fully saturated rings. The lowest BCUT2D eigenvalue weighted by Gasteiger charge is -2.31. The summed E-state index contributed by atoms with van der Waals surface area (Å²) >= 11 is 5.88. The summed E-state index contributed by atoms with van der Waals surface area (Å²) in [5, 5.41) is 3.78. The molecule has 3 rings (SSSR count). The Labute approximate surface area is 147 Å². The largest absolute Gasteiger partial charge is 0.355 e. The van der Waals surface area contributed by atoms with Gasteiger partial charge in [0.25, 0.3) is 0 Å². The maximum atomic E-state index is 12.4. The first kappa shape index (κ1) is 16.7. The lowest BCUT2D eigenvalue weighted by molar-refractivity contribution is -0.125. The van der Waals surface area contributed by atoms with Crippen LogP contribution < -0.4 is 10.2 Å². The van der Waals surface area contributed by atoms with Crippen molar-refractivity contribution in [2.45, 2.75) is 19.3 Å². The molecule has 1 saturated heterocycles. The Hall–Kier alpha value is -2.14. The summed E-state index contributed by atoms with van der Waals surface area (Å²) in [5.74, 6) is 0.813. The molecule has 24 heavy (non-hydrogen) atoms. The molecule has 1 aliphatic heterocycles. The summed E-state index contributed by atoms with van der Waals surface area (Å²) in [6, 6.07) is 9.52. The number of nitrogens with zero attached hydrogens (tertiary/aromatic N) is 3. The highest BCUT2D eigenvalue weighted by Gasteiger charge is 2.26. The van der Waals surface area contributed by atoms with E-state index >= 15 is 0 Å². The number of nitrogens with one attached hydrogen (secondary N) is 1. The van der Waals surface area contributed by atoms with E-state index in [2.05, 4.69) is 20.2 Å². The maximum absolute atomic E-state index is 12.4. The van der Waals surface area contributed by atoms with Gasteiger partial charge in [0.2, 0.25) is 11.9 Å². The molecule has 0 spiro atoms. The second-order valence-electron chi connectivity index (χ2n) is 6.00. The van der Waals surface area contributed by atoms with Crippen LogP contribution in [0.1, 0.15) is 18.4 Å². The van der Waals surface area contributed by atoms with Crippen molar-refractivity contribution in [2.24, 2.45) is 5.92 Å². The van der Waals surface area contributed by atoms with Crippen molar-refractivity contribution < 1.29 is 4.79 Å². The number of aromatic nitrogens is 2. The highest BCUT2D eigenvalue weighted by Crippen LogP contribution is 2.20. The molecule has 0 saturated carbocycles. The van der Waals surface area contributed by atoms with E-state index in [1.54, 1.807) is 18.5 Å². The molecule has 1 atom stereocenters. The average Bonchev–Trinajstić information content (AvgIpc) is 2.64. The lowest BCUT2D eigenvalue weighted by Crippen LogP contribution is -2.44. The lowest BCUT2D eigenvalue weighted by atomic mass is 9.97. The van der Waals surface area contributed by atoms with Crippen LogP contribution in [-0.2, 0) is 11.2 Å². The van der Waals surface area contributed by atoms with Crippen molar-refractivity contribution in [2.75, 3.05) is 24.5 Å². The summed E-state index contributed by atoms with van der Waals surface area (Å²) in [6.07, 6.45) is 6.17. The molecule has 1 N–H and O–H groups in total. The van der Waals surface area contributed by atoms with Crippen LogP contribution in [0.25, 0.3) is 0 Å². The minimum Gasteiger partial charge on any atom is -0.355 e. The monoisotopic (exact) mass is 344 g/mol. The van der Waals surface area contributed by atoms with Gasteiger partial charge < -0.3 is 10.2 Å². The Morgan fingerprint density at radius 2 is 2.00 bits per heavy atom. The van der Waals surface area contributed by atoms with Gasteiger partial charge in [0.1, 0.15) is 0 Å². The van der Waals surface area contributed by atoms with Gasteiger partial charge in [0, 0.05) is 37.1 Å². The van der Waals surface area contributed by atoms with Gasteiger partial charge in [-0.1, -0.05) is 23.7 Å². The number of piperidine rings is 1. The number of hydrogen-bond donors (Lipinski definition) is 1. The van der Waals surface area contributed by atoms with Gasteiger partial charge in [-0.25, -0.2) is 9.97 Å². The third kappa shape index (κ3) is 4.45. The Kier molecular flexibility index (Phi) is 5.64. The average molecular weight is 345 g/mol. The van der Waals surface area contributed by atoms with Gasteiger partial charge in [-0.2, -0.15) is 0 Å². The minimum absolute atomic E-state index is 0.00669. The molecular weight excluding hydrogens is 324 g/mol. The summed E-state index contributed by atoms with van der Waals surface area (Å²) < 4.78 is 0. The normalized spacial score (nSPS) is 17.5. The predicted octanol–water partition coefficient (Wildman–Crippen LogP) is 2.71. The van der Waals surface area contributed by atoms with E-state index < -0.39 is 0 Å². The number of anilines is 1. The van der Waals surface area contributed by atoms with E-state index in [4.69, 9.17) is 11.6 Å². The van der Waals surface area contributed by atoms with Crippen LogP contribution in [0, 0.1) is 5.92 Å². The van der Waals surface area contributed by atoms with Crippen LogP contribution in [0.3, 0.4) is 0 Å². The predicted molar refractivity (Wildman–Crippen MR) is 95.1 cm³/mol. The summed E-state index contributed by atoms with van der Waals surface area (Å²) in [7, 11) is 0.